The van der Waals surface area contributed by atoms with Gasteiger partial charge in [-0.3, -0.25) is 4.98 Å². The third-order valence-electron chi connectivity index (χ3n) is 13.2. The molecular weight excluding hydrogens is 1020 g/mol. The molecule has 0 aliphatic carbocycles. The van der Waals surface area contributed by atoms with Crippen LogP contribution in [0.25, 0.3) is 94.0 Å². The molecule has 6 heteroatoms. The van der Waals surface area contributed by atoms with Gasteiger partial charge in [0, 0.05) is 37.4 Å². The molecular formula is C62H57IrN3OSi-2. The van der Waals surface area contributed by atoms with Gasteiger partial charge in [0.15, 0.2) is 0 Å². The van der Waals surface area contributed by atoms with E-state index in [1.807, 2.05) is 30.5 Å². The van der Waals surface area contributed by atoms with Crippen molar-refractivity contribution in [1.82, 2.24) is 14.5 Å². The van der Waals surface area contributed by atoms with E-state index in [9.17, 15) is 0 Å². The van der Waals surface area contributed by atoms with Crippen molar-refractivity contribution in [3.63, 3.8) is 0 Å². The second-order valence-electron chi connectivity index (χ2n) is 19.8. The van der Waals surface area contributed by atoms with Crippen molar-refractivity contribution in [2.75, 3.05) is 0 Å². The number of rotatable bonds is 8. The van der Waals surface area contributed by atoms with Gasteiger partial charge in [-0.25, -0.2) is 0 Å². The van der Waals surface area contributed by atoms with E-state index in [-0.39, 0.29) is 20.1 Å². The van der Waals surface area contributed by atoms with Crippen molar-refractivity contribution in [3.05, 3.63) is 193 Å². The zero-order valence-electron chi connectivity index (χ0n) is 40.4. The minimum absolute atomic E-state index is 0. The van der Waals surface area contributed by atoms with Crippen molar-refractivity contribution in [3.8, 4) is 39.5 Å². The van der Waals surface area contributed by atoms with Crippen LogP contribution in [-0.4, -0.2) is 22.6 Å². The van der Waals surface area contributed by atoms with Gasteiger partial charge < -0.3 is 14.0 Å². The normalized spacial score (nSPS) is 11.9. The van der Waals surface area contributed by atoms with Crippen LogP contribution in [0.4, 0.5) is 0 Å². The maximum absolute atomic E-state index is 7.07. The number of para-hydroxylation sites is 2. The number of hydrogen-bond donors (Lipinski definition) is 0. The Hall–Kier alpha value is -6.43. The minimum atomic E-state index is -1.23. The number of nitrogens with zero attached hydrogens (tertiary/aromatic N) is 3. The quantitative estimate of drug-likeness (QED) is 0.0865. The second-order valence-corrected chi connectivity index (χ2v) is 24.9. The Balaban J connectivity index is 0.000000289. The van der Waals surface area contributed by atoms with E-state index < -0.39 is 8.07 Å². The summed E-state index contributed by atoms with van der Waals surface area (Å²) in [5, 5.41) is 8.40. The molecule has 11 rings (SSSR count). The summed E-state index contributed by atoms with van der Waals surface area (Å²) >= 11 is 0. The van der Waals surface area contributed by atoms with E-state index in [4.69, 9.17) is 9.40 Å². The van der Waals surface area contributed by atoms with Crippen LogP contribution in [0.1, 0.15) is 76.0 Å². The first-order chi connectivity index (χ1) is 32.4. The summed E-state index contributed by atoms with van der Waals surface area (Å²) in [4.78, 5) is 9.93. The topological polar surface area (TPSA) is 43.9 Å². The molecule has 0 fully saturated rings. The van der Waals surface area contributed by atoms with E-state index in [2.05, 4.69) is 216 Å². The Kier molecular flexibility index (Phi) is 13.0. The molecule has 0 saturated carbocycles. The molecule has 8 aromatic carbocycles. The van der Waals surface area contributed by atoms with Crippen LogP contribution in [0.5, 0.6) is 0 Å². The van der Waals surface area contributed by atoms with Gasteiger partial charge in [0.1, 0.15) is 5.58 Å². The number of imidazole rings is 1. The van der Waals surface area contributed by atoms with Crippen LogP contribution < -0.4 is 5.19 Å². The summed E-state index contributed by atoms with van der Waals surface area (Å²) in [6, 6.07) is 62.8. The van der Waals surface area contributed by atoms with Gasteiger partial charge in [0.05, 0.1) is 30.5 Å². The summed E-state index contributed by atoms with van der Waals surface area (Å²) < 4.78 is 9.46. The molecule has 11 aromatic rings. The van der Waals surface area contributed by atoms with Crippen LogP contribution in [0.2, 0.25) is 19.6 Å². The molecule has 1 radical (unpaired) electrons. The van der Waals surface area contributed by atoms with Crippen molar-refractivity contribution < 1.29 is 24.5 Å². The molecule has 3 heterocycles. The van der Waals surface area contributed by atoms with Crippen LogP contribution in [0.15, 0.2) is 168 Å². The molecule has 0 aliphatic rings. The Morgan fingerprint density at radius 1 is 0.618 bits per heavy atom. The SMILES string of the molecule is CC(C)c1cc(C(C)C)c(-n2c(-c3[c-]cc(-c4ccccc4)c4c3oc3cc5c(ccc6ccccc65)cc34)nc3ccccc32)c(C(C)C)c1.C[Si](C)(C)c1ccc(-c2[c-]cccc2)nc1.[Ir]. The summed E-state index contributed by atoms with van der Waals surface area (Å²) in [5.74, 6) is 1.89. The fraction of sp³-hybridized carbons (Fsp3) is 0.194. The molecule has 341 valence electrons. The standard InChI is InChI=1S/C48H41N2O.C14H16NSi.Ir/c1-28(2)34-25-38(29(3)4)46(39(26-34)30(5)6)50-43-19-13-12-18-42(43)49-48(50)37-23-22-36(31-14-8-7-9-15-31)45-41-24-33-21-20-32-16-10-11-17-35(32)40(33)27-44(41)51-47(37)45;1-16(2,3)13-9-10-14(15-11-13)12-7-5-4-6-8-12;/h7-22,24-30H,1-6H3;4-7,9-11H,1-3H3;/q2*-1;. The molecule has 4 nitrogen and oxygen atoms in total. The molecule has 0 atom stereocenters. The minimum Gasteiger partial charge on any atom is -0.500 e. The van der Waals surface area contributed by atoms with E-state index in [1.54, 1.807) is 0 Å². The number of aromatic nitrogens is 3. The fourth-order valence-electron chi connectivity index (χ4n) is 9.48. The maximum atomic E-state index is 7.07. The Morgan fingerprint density at radius 2 is 1.31 bits per heavy atom. The fourth-order valence-corrected chi connectivity index (χ4v) is 10.5. The van der Waals surface area contributed by atoms with Crippen LogP contribution in [0.3, 0.4) is 0 Å². The van der Waals surface area contributed by atoms with Crippen LogP contribution >= 0.6 is 0 Å². The summed E-state index contributed by atoms with van der Waals surface area (Å²) in [6.07, 6.45) is 2.02. The van der Waals surface area contributed by atoms with Gasteiger partial charge in [0.2, 0.25) is 0 Å². The maximum Gasteiger partial charge on any atom is 0.121 e. The Morgan fingerprint density at radius 3 is 1.99 bits per heavy atom. The Bertz CT molecular complexity index is 3550. The monoisotopic (exact) mass is 1080 g/mol. The molecule has 3 aromatic heterocycles. The molecule has 0 spiro atoms. The predicted molar refractivity (Wildman–Crippen MR) is 287 cm³/mol. The predicted octanol–water partition coefficient (Wildman–Crippen LogP) is 16.8. The number of benzene rings is 8. The van der Waals surface area contributed by atoms with E-state index in [0.29, 0.717) is 17.8 Å². The van der Waals surface area contributed by atoms with E-state index in [1.165, 1.54) is 49.1 Å². The van der Waals surface area contributed by atoms with E-state index >= 15 is 0 Å². The zero-order valence-corrected chi connectivity index (χ0v) is 43.8. The van der Waals surface area contributed by atoms with Gasteiger partial charge in [-0.1, -0.05) is 181 Å². The van der Waals surface area contributed by atoms with Gasteiger partial charge in [-0.15, -0.1) is 48.0 Å². The first-order valence-electron chi connectivity index (χ1n) is 23.7. The van der Waals surface area contributed by atoms with Gasteiger partial charge >= 0.3 is 0 Å². The summed E-state index contributed by atoms with van der Waals surface area (Å²) in [5.41, 5.74) is 14.1. The van der Waals surface area contributed by atoms with Crippen molar-refractivity contribution in [2.24, 2.45) is 0 Å². The van der Waals surface area contributed by atoms with Crippen molar-refractivity contribution in [1.29, 1.82) is 0 Å². The molecule has 0 saturated heterocycles. The molecule has 0 unspecified atom stereocenters. The number of pyridine rings is 1. The first-order valence-corrected chi connectivity index (χ1v) is 27.2. The average molecular weight is 1080 g/mol. The van der Waals surface area contributed by atoms with Crippen molar-refractivity contribution in [2.45, 2.75) is 78.9 Å². The van der Waals surface area contributed by atoms with Crippen molar-refractivity contribution >= 4 is 67.8 Å². The molecule has 0 aliphatic heterocycles. The zero-order chi connectivity index (χ0) is 46.6. The van der Waals surface area contributed by atoms with Gasteiger partial charge in [-0.2, -0.15) is 0 Å². The average Bonchev–Trinajstić information content (AvgIpc) is 3.91. The number of furan rings is 1. The molecule has 0 bridgehead atoms. The smallest absolute Gasteiger partial charge is 0.121 e. The Labute approximate surface area is 415 Å². The number of hydrogen-bond acceptors (Lipinski definition) is 3. The molecule has 0 amide bonds. The van der Waals surface area contributed by atoms with E-state index in [0.717, 1.165) is 66.7 Å². The third kappa shape index (κ3) is 8.66. The molecule has 68 heavy (non-hydrogen) atoms. The van der Waals surface area contributed by atoms with Crippen LogP contribution in [-0.2, 0) is 20.1 Å². The number of fused-ring (bicyclic) bond motifs is 7. The second kappa shape index (κ2) is 18.9. The largest absolute Gasteiger partial charge is 0.500 e. The summed E-state index contributed by atoms with van der Waals surface area (Å²) in [7, 11) is -1.23. The van der Waals surface area contributed by atoms with Crippen LogP contribution in [0, 0.1) is 12.1 Å². The first kappa shape index (κ1) is 46.7. The summed E-state index contributed by atoms with van der Waals surface area (Å²) in [6.45, 7) is 20.8. The molecule has 0 N–H and O–H groups in total. The van der Waals surface area contributed by atoms with Gasteiger partial charge in [-0.05, 0) is 96.5 Å². The van der Waals surface area contributed by atoms with Gasteiger partial charge in [0.25, 0.3) is 0 Å². The third-order valence-corrected chi connectivity index (χ3v) is 15.2.